The third-order valence-electron chi connectivity index (χ3n) is 4.12. The Morgan fingerprint density at radius 1 is 1.25 bits per heavy atom. The van der Waals surface area contributed by atoms with Gasteiger partial charge in [0, 0.05) is 37.1 Å². The van der Waals surface area contributed by atoms with E-state index in [1.807, 2.05) is 12.1 Å². The maximum Gasteiger partial charge on any atom is 0.273 e. The van der Waals surface area contributed by atoms with Crippen LogP contribution in [0.4, 0.5) is 5.13 Å². The zero-order chi connectivity index (χ0) is 16.4. The van der Waals surface area contributed by atoms with Crippen LogP contribution in [-0.2, 0) is 19.5 Å². The quantitative estimate of drug-likeness (QED) is 0.767. The molecule has 1 amide bonds. The summed E-state index contributed by atoms with van der Waals surface area (Å²) in [7, 11) is 0. The van der Waals surface area contributed by atoms with Crippen molar-refractivity contribution in [2.45, 2.75) is 19.5 Å². The SMILES string of the molecule is O=C(Nc1nc2c(s1)CN(Cc1ccccc1)CC2)c1ccc[nH]1. The lowest BCUT2D eigenvalue weighted by Gasteiger charge is -2.25. The Morgan fingerprint density at radius 2 is 2.12 bits per heavy atom. The van der Waals surface area contributed by atoms with Gasteiger partial charge < -0.3 is 4.98 Å². The molecule has 1 aromatic carbocycles. The van der Waals surface area contributed by atoms with E-state index in [0.29, 0.717) is 10.8 Å². The maximum absolute atomic E-state index is 12.1. The fraction of sp³-hybridized carbons (Fsp3) is 0.222. The number of thiazole rings is 1. The van der Waals surface area contributed by atoms with Gasteiger partial charge in [0.25, 0.3) is 5.91 Å². The largest absolute Gasteiger partial charge is 0.357 e. The first kappa shape index (κ1) is 15.1. The first-order valence-electron chi connectivity index (χ1n) is 7.97. The van der Waals surface area contributed by atoms with Gasteiger partial charge in [-0.15, -0.1) is 11.3 Å². The normalized spacial score (nSPS) is 14.3. The molecule has 0 spiro atoms. The standard InChI is InChI=1S/C18H18N4OS/c23-17(15-7-4-9-19-15)21-18-20-14-8-10-22(12-16(14)24-18)11-13-5-2-1-3-6-13/h1-7,9,19H,8,10-12H2,(H,20,21,23). The van der Waals surface area contributed by atoms with Gasteiger partial charge in [0.15, 0.2) is 5.13 Å². The molecule has 0 fully saturated rings. The van der Waals surface area contributed by atoms with Crippen LogP contribution in [-0.4, -0.2) is 27.3 Å². The molecule has 0 radical (unpaired) electrons. The smallest absolute Gasteiger partial charge is 0.273 e. The Hall–Kier alpha value is -2.44. The predicted molar refractivity (Wildman–Crippen MR) is 95.1 cm³/mol. The summed E-state index contributed by atoms with van der Waals surface area (Å²) < 4.78 is 0. The third-order valence-corrected chi connectivity index (χ3v) is 5.12. The second kappa shape index (κ2) is 6.59. The Labute approximate surface area is 144 Å². The molecule has 6 heteroatoms. The Morgan fingerprint density at radius 3 is 2.92 bits per heavy atom. The number of nitrogens with zero attached hydrogens (tertiary/aromatic N) is 2. The number of hydrogen-bond donors (Lipinski definition) is 2. The van der Waals surface area contributed by atoms with Crippen molar-refractivity contribution < 1.29 is 4.79 Å². The number of rotatable bonds is 4. The van der Waals surface area contributed by atoms with E-state index in [-0.39, 0.29) is 5.91 Å². The Bertz CT molecular complexity index is 826. The lowest BCUT2D eigenvalue weighted by molar-refractivity contribution is 0.102. The minimum Gasteiger partial charge on any atom is -0.357 e. The molecule has 5 nitrogen and oxygen atoms in total. The van der Waals surface area contributed by atoms with Crippen LogP contribution in [0.5, 0.6) is 0 Å². The average Bonchev–Trinajstić information content (AvgIpc) is 3.24. The van der Waals surface area contributed by atoms with Crippen molar-refractivity contribution in [1.29, 1.82) is 0 Å². The zero-order valence-electron chi connectivity index (χ0n) is 13.2. The van der Waals surface area contributed by atoms with Gasteiger partial charge in [0.1, 0.15) is 5.69 Å². The minimum atomic E-state index is -0.146. The molecule has 2 aromatic heterocycles. The fourth-order valence-electron chi connectivity index (χ4n) is 2.91. The highest BCUT2D eigenvalue weighted by Gasteiger charge is 2.21. The second-order valence-electron chi connectivity index (χ2n) is 5.87. The number of anilines is 1. The number of H-pyrrole nitrogens is 1. The summed E-state index contributed by atoms with van der Waals surface area (Å²) in [5.41, 5.74) is 2.99. The highest BCUT2D eigenvalue weighted by Crippen LogP contribution is 2.29. The van der Waals surface area contributed by atoms with Crippen molar-refractivity contribution >= 4 is 22.4 Å². The van der Waals surface area contributed by atoms with E-state index in [2.05, 4.69) is 44.5 Å². The number of carbonyl (C=O) groups is 1. The molecular formula is C18H18N4OS. The minimum absolute atomic E-state index is 0.146. The molecule has 4 rings (SSSR count). The summed E-state index contributed by atoms with van der Waals surface area (Å²) in [6.07, 6.45) is 2.67. The van der Waals surface area contributed by atoms with Crippen molar-refractivity contribution in [2.75, 3.05) is 11.9 Å². The van der Waals surface area contributed by atoms with E-state index in [4.69, 9.17) is 0 Å². The molecule has 122 valence electrons. The van der Waals surface area contributed by atoms with E-state index in [1.165, 1.54) is 10.4 Å². The van der Waals surface area contributed by atoms with Gasteiger partial charge in [-0.25, -0.2) is 4.98 Å². The highest BCUT2D eigenvalue weighted by atomic mass is 32.1. The lowest BCUT2D eigenvalue weighted by Crippen LogP contribution is -2.29. The van der Waals surface area contributed by atoms with Gasteiger partial charge in [0.05, 0.1) is 5.69 Å². The monoisotopic (exact) mass is 338 g/mol. The number of carbonyl (C=O) groups excluding carboxylic acids is 1. The summed E-state index contributed by atoms with van der Waals surface area (Å²) in [5, 5.41) is 3.57. The molecule has 0 bridgehead atoms. The van der Waals surface area contributed by atoms with E-state index in [9.17, 15) is 4.79 Å². The van der Waals surface area contributed by atoms with Crippen LogP contribution in [0.1, 0.15) is 26.6 Å². The highest BCUT2D eigenvalue weighted by molar-refractivity contribution is 7.15. The fourth-order valence-corrected chi connectivity index (χ4v) is 3.96. The number of hydrogen-bond acceptors (Lipinski definition) is 4. The summed E-state index contributed by atoms with van der Waals surface area (Å²) in [6, 6.07) is 14.1. The first-order chi connectivity index (χ1) is 11.8. The van der Waals surface area contributed by atoms with Gasteiger partial charge in [-0.1, -0.05) is 30.3 Å². The van der Waals surface area contributed by atoms with Crippen molar-refractivity contribution in [3.05, 3.63) is 70.5 Å². The van der Waals surface area contributed by atoms with E-state index >= 15 is 0 Å². The molecular weight excluding hydrogens is 320 g/mol. The van der Waals surface area contributed by atoms with Gasteiger partial charge in [-0.3, -0.25) is 15.0 Å². The predicted octanol–water partition coefficient (Wildman–Crippen LogP) is 3.28. The molecule has 1 aliphatic heterocycles. The van der Waals surface area contributed by atoms with Gasteiger partial charge in [-0.2, -0.15) is 0 Å². The van der Waals surface area contributed by atoms with Crippen LogP contribution in [0.3, 0.4) is 0 Å². The molecule has 3 heterocycles. The molecule has 0 saturated carbocycles. The van der Waals surface area contributed by atoms with Crippen LogP contribution in [0.25, 0.3) is 0 Å². The number of amides is 1. The van der Waals surface area contributed by atoms with Crippen LogP contribution in [0.15, 0.2) is 48.7 Å². The molecule has 0 atom stereocenters. The molecule has 2 N–H and O–H groups in total. The zero-order valence-corrected chi connectivity index (χ0v) is 14.0. The number of benzene rings is 1. The van der Waals surface area contributed by atoms with Crippen LogP contribution in [0, 0.1) is 0 Å². The van der Waals surface area contributed by atoms with Gasteiger partial charge in [0.2, 0.25) is 0 Å². The summed E-state index contributed by atoms with van der Waals surface area (Å²) in [4.78, 5) is 23.3. The van der Waals surface area contributed by atoms with Crippen LogP contribution < -0.4 is 5.32 Å². The molecule has 3 aromatic rings. The summed E-state index contributed by atoms with van der Waals surface area (Å²) in [6.45, 7) is 2.83. The van der Waals surface area contributed by atoms with Crippen molar-refractivity contribution in [1.82, 2.24) is 14.9 Å². The topological polar surface area (TPSA) is 61.0 Å². The Kier molecular flexibility index (Phi) is 4.15. The lowest BCUT2D eigenvalue weighted by atomic mass is 10.1. The summed E-state index contributed by atoms with van der Waals surface area (Å²) >= 11 is 1.58. The molecule has 24 heavy (non-hydrogen) atoms. The third kappa shape index (κ3) is 3.25. The van der Waals surface area contributed by atoms with Gasteiger partial charge >= 0.3 is 0 Å². The van der Waals surface area contributed by atoms with E-state index in [1.54, 1.807) is 23.6 Å². The Balaban J connectivity index is 1.43. The van der Waals surface area contributed by atoms with Crippen LogP contribution >= 0.6 is 11.3 Å². The average molecular weight is 338 g/mol. The van der Waals surface area contributed by atoms with Crippen molar-refractivity contribution in [3.8, 4) is 0 Å². The summed E-state index contributed by atoms with van der Waals surface area (Å²) in [5.74, 6) is -0.146. The second-order valence-corrected chi connectivity index (χ2v) is 6.96. The van der Waals surface area contributed by atoms with Gasteiger partial charge in [-0.05, 0) is 17.7 Å². The number of nitrogens with one attached hydrogen (secondary N) is 2. The molecule has 0 aliphatic carbocycles. The number of aromatic nitrogens is 2. The molecule has 1 aliphatic rings. The van der Waals surface area contributed by atoms with Crippen molar-refractivity contribution in [3.63, 3.8) is 0 Å². The van der Waals surface area contributed by atoms with Crippen molar-refractivity contribution in [2.24, 2.45) is 0 Å². The van der Waals surface area contributed by atoms with Crippen LogP contribution in [0.2, 0.25) is 0 Å². The van der Waals surface area contributed by atoms with E-state index in [0.717, 1.165) is 31.7 Å². The first-order valence-corrected chi connectivity index (χ1v) is 8.79. The number of aromatic amines is 1. The number of fused-ring (bicyclic) bond motifs is 1. The molecule has 0 unspecified atom stereocenters. The van der Waals surface area contributed by atoms with E-state index < -0.39 is 0 Å². The maximum atomic E-state index is 12.1. The molecule has 0 saturated heterocycles.